The molecule has 0 atom stereocenters. The SMILES string of the molecule is C[n+]1cc(-c2cnc3c(Nc4snc5sccc45)nccn23)c[nH]1. The van der Waals surface area contributed by atoms with Gasteiger partial charge in [-0.1, -0.05) is 0 Å². The highest BCUT2D eigenvalue weighted by molar-refractivity contribution is 7.21. The smallest absolute Gasteiger partial charge is 0.204 e. The molecule has 2 N–H and O–H groups in total. The van der Waals surface area contributed by atoms with Crippen molar-refractivity contribution < 1.29 is 4.68 Å². The van der Waals surface area contributed by atoms with Gasteiger partial charge in [-0.2, -0.15) is 9.47 Å². The molecule has 0 bridgehead atoms. The maximum Gasteiger partial charge on any atom is 0.204 e. The van der Waals surface area contributed by atoms with Gasteiger partial charge in [-0.15, -0.1) is 16.0 Å². The number of thiophene rings is 1. The minimum absolute atomic E-state index is 0.723. The Hall–Kier alpha value is -2.78. The first-order valence-corrected chi connectivity index (χ1v) is 8.91. The highest BCUT2D eigenvalue weighted by atomic mass is 32.1. The van der Waals surface area contributed by atoms with Gasteiger partial charge in [0.25, 0.3) is 0 Å². The standard InChI is InChI=1S/C15H11N7S2/c1-21-8-9(6-18-21)11-7-17-13-12(16-3-4-22(11)13)19-14-10-2-5-23-15(10)20-24-14/h2-8H,1H3,(H,16,19,20)/p+1. The summed E-state index contributed by atoms with van der Waals surface area (Å²) >= 11 is 3.08. The fourth-order valence-corrected chi connectivity index (χ4v) is 4.35. The molecule has 24 heavy (non-hydrogen) atoms. The van der Waals surface area contributed by atoms with Crippen LogP contribution in [0.1, 0.15) is 0 Å². The van der Waals surface area contributed by atoms with Crippen LogP contribution in [0.15, 0.2) is 42.4 Å². The van der Waals surface area contributed by atoms with E-state index in [1.165, 1.54) is 11.5 Å². The first-order valence-electron chi connectivity index (χ1n) is 7.26. The highest BCUT2D eigenvalue weighted by Gasteiger charge is 2.15. The third-order valence-electron chi connectivity index (χ3n) is 3.82. The number of nitrogens with zero attached hydrogens (tertiary/aromatic N) is 5. The number of fused-ring (bicyclic) bond motifs is 2. The van der Waals surface area contributed by atoms with Crippen molar-refractivity contribution in [3.8, 4) is 11.3 Å². The van der Waals surface area contributed by atoms with Gasteiger partial charge in [0.1, 0.15) is 9.83 Å². The lowest BCUT2D eigenvalue weighted by molar-refractivity contribution is -0.726. The van der Waals surface area contributed by atoms with Crippen LogP contribution in [-0.4, -0.2) is 23.8 Å². The van der Waals surface area contributed by atoms with Crippen LogP contribution < -0.4 is 10.00 Å². The van der Waals surface area contributed by atoms with E-state index < -0.39 is 0 Å². The van der Waals surface area contributed by atoms with E-state index in [9.17, 15) is 0 Å². The Morgan fingerprint density at radius 2 is 2.29 bits per heavy atom. The number of nitrogens with one attached hydrogen (secondary N) is 2. The van der Waals surface area contributed by atoms with Gasteiger partial charge in [0, 0.05) is 17.8 Å². The number of hydrogen-bond acceptors (Lipinski definition) is 6. The van der Waals surface area contributed by atoms with Crippen LogP contribution in [0.3, 0.4) is 0 Å². The number of aromatic amines is 1. The maximum atomic E-state index is 4.55. The number of aryl methyl sites for hydroxylation is 1. The lowest BCUT2D eigenvalue weighted by Crippen LogP contribution is -2.27. The van der Waals surface area contributed by atoms with E-state index in [2.05, 4.69) is 30.8 Å². The zero-order valence-electron chi connectivity index (χ0n) is 12.6. The summed E-state index contributed by atoms with van der Waals surface area (Å²) in [6, 6.07) is 2.07. The van der Waals surface area contributed by atoms with Crippen molar-refractivity contribution >= 4 is 49.6 Å². The normalized spacial score (nSPS) is 11.5. The second-order valence-corrected chi connectivity index (χ2v) is 7.03. The molecule has 0 fully saturated rings. The highest BCUT2D eigenvalue weighted by Crippen LogP contribution is 2.34. The summed E-state index contributed by atoms with van der Waals surface area (Å²) in [6.07, 6.45) is 9.53. The molecule has 5 aromatic heterocycles. The number of H-pyrrole nitrogens is 1. The van der Waals surface area contributed by atoms with Gasteiger partial charge in [0.15, 0.2) is 18.5 Å². The first kappa shape index (κ1) is 13.6. The number of aromatic nitrogens is 6. The van der Waals surface area contributed by atoms with Crippen molar-refractivity contribution in [1.82, 2.24) is 23.8 Å². The van der Waals surface area contributed by atoms with Crippen LogP contribution in [0.25, 0.3) is 27.1 Å². The number of rotatable bonds is 3. The van der Waals surface area contributed by atoms with E-state index in [4.69, 9.17) is 0 Å². The van der Waals surface area contributed by atoms with Crippen molar-refractivity contribution in [3.05, 3.63) is 42.4 Å². The molecule has 0 aliphatic carbocycles. The Morgan fingerprint density at radius 3 is 3.17 bits per heavy atom. The molecule has 0 saturated heterocycles. The summed E-state index contributed by atoms with van der Waals surface area (Å²) in [5, 5.41) is 10.7. The van der Waals surface area contributed by atoms with E-state index in [0.29, 0.717) is 0 Å². The van der Waals surface area contributed by atoms with Crippen LogP contribution in [0.5, 0.6) is 0 Å². The van der Waals surface area contributed by atoms with Crippen LogP contribution in [0, 0.1) is 0 Å². The molecule has 0 spiro atoms. The zero-order valence-corrected chi connectivity index (χ0v) is 14.2. The van der Waals surface area contributed by atoms with Gasteiger partial charge in [-0.05, 0) is 23.0 Å². The predicted octanol–water partition coefficient (Wildman–Crippen LogP) is 2.96. The van der Waals surface area contributed by atoms with Crippen LogP contribution in [0.4, 0.5) is 10.8 Å². The lowest BCUT2D eigenvalue weighted by Gasteiger charge is -2.05. The molecule has 0 aliphatic rings. The molecular weight excluding hydrogens is 342 g/mol. The average Bonchev–Trinajstić information content (AvgIpc) is 3.32. The van der Waals surface area contributed by atoms with Crippen LogP contribution in [-0.2, 0) is 7.05 Å². The van der Waals surface area contributed by atoms with Crippen molar-refractivity contribution in [3.63, 3.8) is 0 Å². The zero-order chi connectivity index (χ0) is 16.1. The lowest BCUT2D eigenvalue weighted by atomic mass is 10.3. The molecular formula is C15H12N7S2+. The summed E-state index contributed by atoms with van der Waals surface area (Å²) in [5.74, 6) is 0.723. The van der Waals surface area contributed by atoms with Crippen LogP contribution >= 0.6 is 22.9 Å². The Morgan fingerprint density at radius 1 is 1.33 bits per heavy atom. The minimum atomic E-state index is 0.723. The summed E-state index contributed by atoms with van der Waals surface area (Å²) < 4.78 is 8.38. The average molecular weight is 354 g/mol. The van der Waals surface area contributed by atoms with E-state index in [-0.39, 0.29) is 0 Å². The first-order chi connectivity index (χ1) is 11.8. The molecule has 0 radical (unpaired) electrons. The largest absolute Gasteiger partial charge is 0.327 e. The van der Waals surface area contributed by atoms with Crippen molar-refractivity contribution in [1.29, 1.82) is 0 Å². The Bertz CT molecular complexity index is 1160. The van der Waals surface area contributed by atoms with Gasteiger partial charge in [0.2, 0.25) is 6.20 Å². The van der Waals surface area contributed by atoms with Gasteiger partial charge < -0.3 is 5.32 Å². The molecule has 0 unspecified atom stereocenters. The molecule has 9 heteroatoms. The van der Waals surface area contributed by atoms with E-state index in [0.717, 1.165) is 37.9 Å². The predicted molar refractivity (Wildman–Crippen MR) is 94.7 cm³/mol. The molecule has 0 aliphatic heterocycles. The number of anilines is 2. The number of hydrogen-bond donors (Lipinski definition) is 2. The molecule has 5 rings (SSSR count). The third kappa shape index (κ3) is 2.02. The van der Waals surface area contributed by atoms with Crippen molar-refractivity contribution in [2.24, 2.45) is 7.05 Å². The Labute approximate surface area is 144 Å². The van der Waals surface area contributed by atoms with Gasteiger partial charge >= 0.3 is 0 Å². The molecule has 0 amide bonds. The van der Waals surface area contributed by atoms with E-state index >= 15 is 0 Å². The number of imidazole rings is 1. The monoisotopic (exact) mass is 354 g/mol. The van der Waals surface area contributed by atoms with E-state index in [1.54, 1.807) is 17.5 Å². The van der Waals surface area contributed by atoms with E-state index in [1.807, 2.05) is 46.3 Å². The Kier molecular flexibility index (Phi) is 2.91. The van der Waals surface area contributed by atoms with Crippen LogP contribution in [0.2, 0.25) is 0 Å². The van der Waals surface area contributed by atoms with Crippen molar-refractivity contribution in [2.75, 3.05) is 5.32 Å². The Balaban J connectivity index is 1.62. The summed E-state index contributed by atoms with van der Waals surface area (Å²) in [5.41, 5.74) is 2.87. The summed E-state index contributed by atoms with van der Waals surface area (Å²) in [4.78, 5) is 10.1. The fourth-order valence-electron chi connectivity index (χ4n) is 2.69. The molecule has 118 valence electrons. The van der Waals surface area contributed by atoms with Gasteiger partial charge in [-0.25, -0.2) is 9.97 Å². The summed E-state index contributed by atoms with van der Waals surface area (Å²) in [7, 11) is 1.96. The maximum absolute atomic E-state index is 4.55. The second kappa shape index (κ2) is 5.11. The fraction of sp³-hybridized carbons (Fsp3) is 0.0667. The molecule has 5 aromatic rings. The molecule has 5 heterocycles. The molecule has 0 saturated carbocycles. The van der Waals surface area contributed by atoms with Gasteiger partial charge in [-0.3, -0.25) is 4.40 Å². The van der Waals surface area contributed by atoms with Crippen molar-refractivity contribution in [2.45, 2.75) is 0 Å². The second-order valence-electron chi connectivity index (χ2n) is 5.36. The quantitative estimate of drug-likeness (QED) is 0.489. The molecule has 0 aromatic carbocycles. The molecule has 7 nitrogen and oxygen atoms in total. The summed E-state index contributed by atoms with van der Waals surface area (Å²) in [6.45, 7) is 0. The van der Waals surface area contributed by atoms with Gasteiger partial charge in [0.05, 0.1) is 23.7 Å². The third-order valence-corrected chi connectivity index (χ3v) is 5.52. The topological polar surface area (TPSA) is 74.8 Å². The minimum Gasteiger partial charge on any atom is -0.327 e.